The van der Waals surface area contributed by atoms with Crippen LogP contribution in [0.2, 0.25) is 0 Å². The van der Waals surface area contributed by atoms with Crippen LogP contribution in [0.3, 0.4) is 0 Å². The van der Waals surface area contributed by atoms with Crippen LogP contribution in [0.1, 0.15) is 31.5 Å². The molecule has 2 rings (SSSR count). The van der Waals surface area contributed by atoms with Crippen molar-refractivity contribution < 1.29 is 0 Å². The number of piperidine rings is 1. The molecule has 1 aliphatic heterocycles. The molecule has 0 saturated carbocycles. The smallest absolute Gasteiger partial charge is 0.179 e. The van der Waals surface area contributed by atoms with Crippen molar-refractivity contribution in [3.8, 4) is 0 Å². The van der Waals surface area contributed by atoms with Crippen molar-refractivity contribution in [2.24, 2.45) is 0 Å². The van der Waals surface area contributed by atoms with E-state index in [1.165, 1.54) is 6.42 Å². The van der Waals surface area contributed by atoms with Crippen LogP contribution < -0.4 is 5.32 Å². The first kappa shape index (κ1) is 7.67. The molecule has 1 aromatic rings. The average molecular weight is 167 g/mol. The highest BCUT2D eigenvalue weighted by Gasteiger charge is 2.25. The lowest BCUT2D eigenvalue weighted by Crippen LogP contribution is -2.38. The van der Waals surface area contributed by atoms with Crippen LogP contribution >= 0.6 is 0 Å². The van der Waals surface area contributed by atoms with E-state index >= 15 is 0 Å². The van der Waals surface area contributed by atoms with Crippen molar-refractivity contribution in [3.63, 3.8) is 0 Å². The molecule has 0 aliphatic carbocycles. The van der Waals surface area contributed by atoms with Gasteiger partial charge in [0.15, 0.2) is 5.82 Å². The molecule has 1 aromatic heterocycles. The third-order valence-corrected chi connectivity index (χ3v) is 2.46. The summed E-state index contributed by atoms with van der Waals surface area (Å²) in [6.45, 7) is 3.27. The molecule has 66 valence electrons. The Balaban J connectivity index is 2.11. The van der Waals surface area contributed by atoms with Gasteiger partial charge in [0.05, 0.1) is 0 Å². The number of nitrogens with one attached hydrogen (secondary N) is 2. The first-order chi connectivity index (χ1) is 5.88. The van der Waals surface area contributed by atoms with Gasteiger partial charge >= 0.3 is 0 Å². The van der Waals surface area contributed by atoms with Gasteiger partial charge in [-0.25, -0.2) is 0 Å². The fraction of sp³-hybridized carbons (Fsp3) is 0.857. The number of nitrogens with zero attached hydrogens (tertiary/aromatic N) is 3. The lowest BCUT2D eigenvalue weighted by atomic mass is 9.91. The molecule has 2 N–H and O–H groups in total. The summed E-state index contributed by atoms with van der Waals surface area (Å²) in [6.07, 6.45) is 2.36. The Kier molecular flexibility index (Phi) is 2.03. The first-order valence-electron chi connectivity index (χ1n) is 4.34. The zero-order valence-electron chi connectivity index (χ0n) is 7.12. The summed E-state index contributed by atoms with van der Waals surface area (Å²) < 4.78 is 0. The highest BCUT2D eigenvalue weighted by molar-refractivity contribution is 4.98. The van der Waals surface area contributed by atoms with E-state index in [0.717, 1.165) is 18.8 Å². The van der Waals surface area contributed by atoms with Gasteiger partial charge < -0.3 is 5.32 Å². The maximum Gasteiger partial charge on any atom is 0.179 e. The van der Waals surface area contributed by atoms with Crippen LogP contribution in [-0.2, 0) is 0 Å². The van der Waals surface area contributed by atoms with Crippen LogP contribution in [0.4, 0.5) is 0 Å². The molecule has 0 radical (unpaired) electrons. The maximum atomic E-state index is 4.00. The Morgan fingerprint density at radius 1 is 1.50 bits per heavy atom. The van der Waals surface area contributed by atoms with Gasteiger partial charge in [-0.3, -0.25) is 0 Å². The highest BCUT2D eigenvalue weighted by Crippen LogP contribution is 2.23. The Morgan fingerprint density at radius 2 is 2.42 bits per heavy atom. The lowest BCUT2D eigenvalue weighted by molar-refractivity contribution is 0.360. The molecule has 0 amide bonds. The fourth-order valence-corrected chi connectivity index (χ4v) is 1.72. The minimum atomic E-state index is 0.428. The fourth-order valence-electron chi connectivity index (χ4n) is 1.72. The molecule has 0 spiro atoms. The summed E-state index contributed by atoms with van der Waals surface area (Å²) in [5.74, 6) is 1.27. The van der Waals surface area contributed by atoms with Crippen LogP contribution in [0.15, 0.2) is 0 Å². The quantitative estimate of drug-likeness (QED) is 0.620. The van der Waals surface area contributed by atoms with Crippen molar-refractivity contribution in [1.29, 1.82) is 0 Å². The van der Waals surface area contributed by atoms with E-state index < -0.39 is 0 Å². The van der Waals surface area contributed by atoms with Gasteiger partial charge in [-0.15, -0.1) is 10.2 Å². The molecule has 2 unspecified atom stereocenters. The van der Waals surface area contributed by atoms with Crippen molar-refractivity contribution in [3.05, 3.63) is 5.82 Å². The summed E-state index contributed by atoms with van der Waals surface area (Å²) in [5.41, 5.74) is 0. The van der Waals surface area contributed by atoms with E-state index in [2.05, 4.69) is 32.9 Å². The highest BCUT2D eigenvalue weighted by atomic mass is 15.5. The van der Waals surface area contributed by atoms with Crippen molar-refractivity contribution in [1.82, 2.24) is 25.9 Å². The number of aromatic amines is 1. The molecule has 0 bridgehead atoms. The summed E-state index contributed by atoms with van der Waals surface area (Å²) in [4.78, 5) is 0. The van der Waals surface area contributed by atoms with Gasteiger partial charge in [0.2, 0.25) is 0 Å². The average Bonchev–Trinajstić information content (AvgIpc) is 2.57. The third-order valence-electron chi connectivity index (χ3n) is 2.46. The molecule has 0 aromatic carbocycles. The van der Waals surface area contributed by atoms with Crippen molar-refractivity contribution >= 4 is 0 Å². The minimum Gasteiger partial charge on any atom is -0.314 e. The molecule has 1 saturated heterocycles. The minimum absolute atomic E-state index is 0.428. The zero-order valence-corrected chi connectivity index (χ0v) is 7.12. The lowest BCUT2D eigenvalue weighted by Gasteiger charge is -2.27. The van der Waals surface area contributed by atoms with Crippen LogP contribution in [0, 0.1) is 0 Å². The zero-order chi connectivity index (χ0) is 8.39. The van der Waals surface area contributed by atoms with Gasteiger partial charge in [-0.1, -0.05) is 5.21 Å². The number of tetrazole rings is 1. The normalized spacial score (nSPS) is 30.4. The van der Waals surface area contributed by atoms with Gasteiger partial charge in [0.1, 0.15) is 0 Å². The predicted molar refractivity (Wildman–Crippen MR) is 43.6 cm³/mol. The summed E-state index contributed by atoms with van der Waals surface area (Å²) in [7, 11) is 0. The van der Waals surface area contributed by atoms with Crippen molar-refractivity contribution in [2.45, 2.75) is 31.7 Å². The standard InChI is InChI=1S/C7H13N5/c1-5-6(3-2-4-8-5)7-9-11-12-10-7/h5-6,8H,2-4H2,1H3,(H,9,10,11,12). The van der Waals surface area contributed by atoms with Crippen LogP contribution in [0.25, 0.3) is 0 Å². The van der Waals surface area contributed by atoms with E-state index in [-0.39, 0.29) is 0 Å². The van der Waals surface area contributed by atoms with E-state index in [1.807, 2.05) is 0 Å². The SMILES string of the molecule is CC1NCCCC1c1nn[nH]n1. The molecule has 1 fully saturated rings. The molecule has 5 heteroatoms. The van der Waals surface area contributed by atoms with Crippen molar-refractivity contribution in [2.75, 3.05) is 6.54 Å². The Hall–Kier alpha value is -0.970. The van der Waals surface area contributed by atoms with E-state index in [0.29, 0.717) is 12.0 Å². The maximum absolute atomic E-state index is 4.00. The molecule has 12 heavy (non-hydrogen) atoms. The van der Waals surface area contributed by atoms with Gasteiger partial charge in [0.25, 0.3) is 0 Å². The molecule has 1 aliphatic rings. The van der Waals surface area contributed by atoms with Crippen LogP contribution in [-0.4, -0.2) is 33.2 Å². The molecular formula is C7H13N5. The van der Waals surface area contributed by atoms with Crippen LogP contribution in [0.5, 0.6) is 0 Å². The topological polar surface area (TPSA) is 66.5 Å². The predicted octanol–water partition coefficient (Wildman–Crippen LogP) is 0.0552. The largest absolute Gasteiger partial charge is 0.314 e. The van der Waals surface area contributed by atoms with E-state index in [9.17, 15) is 0 Å². The summed E-state index contributed by atoms with van der Waals surface area (Å²) in [5, 5.41) is 17.5. The Bertz CT molecular complexity index is 232. The second kappa shape index (κ2) is 3.18. The summed E-state index contributed by atoms with van der Waals surface area (Å²) in [6, 6.07) is 0.469. The number of aromatic nitrogens is 4. The molecule has 2 heterocycles. The number of hydrogen-bond donors (Lipinski definition) is 2. The van der Waals surface area contributed by atoms with Gasteiger partial charge in [-0.2, -0.15) is 5.21 Å². The Labute approximate surface area is 70.9 Å². The number of H-pyrrole nitrogens is 1. The monoisotopic (exact) mass is 167 g/mol. The molecular weight excluding hydrogens is 154 g/mol. The van der Waals surface area contributed by atoms with E-state index in [4.69, 9.17) is 0 Å². The third kappa shape index (κ3) is 1.32. The van der Waals surface area contributed by atoms with Gasteiger partial charge in [-0.05, 0) is 26.3 Å². The first-order valence-corrected chi connectivity index (χ1v) is 4.34. The second-order valence-corrected chi connectivity index (χ2v) is 3.26. The number of hydrogen-bond acceptors (Lipinski definition) is 4. The van der Waals surface area contributed by atoms with E-state index in [1.54, 1.807) is 0 Å². The summed E-state index contributed by atoms with van der Waals surface area (Å²) >= 11 is 0. The van der Waals surface area contributed by atoms with Gasteiger partial charge in [0, 0.05) is 12.0 Å². The second-order valence-electron chi connectivity index (χ2n) is 3.26. The Morgan fingerprint density at radius 3 is 3.08 bits per heavy atom. The molecule has 2 atom stereocenters. The number of rotatable bonds is 1. The molecule has 5 nitrogen and oxygen atoms in total.